The molecule has 3 aromatic rings. The summed E-state index contributed by atoms with van der Waals surface area (Å²) in [6.45, 7) is 1.39. The molecule has 2 aromatic heterocycles. The highest BCUT2D eigenvalue weighted by atomic mass is 19.1. The van der Waals surface area contributed by atoms with Gasteiger partial charge in [-0.05, 0) is 48.7 Å². The van der Waals surface area contributed by atoms with Crippen LogP contribution in [-0.2, 0) is 6.42 Å². The summed E-state index contributed by atoms with van der Waals surface area (Å²) in [5.41, 5.74) is 3.32. The van der Waals surface area contributed by atoms with Crippen molar-refractivity contribution in [3.05, 3.63) is 83.2 Å². The number of carbonyl (C=O) groups excluding carboxylic acids is 1. The molecule has 0 saturated carbocycles. The van der Waals surface area contributed by atoms with Crippen LogP contribution in [0.4, 0.5) is 4.39 Å². The fourth-order valence-electron chi connectivity index (χ4n) is 3.63. The van der Waals surface area contributed by atoms with Gasteiger partial charge in [-0.15, -0.1) is 0 Å². The fourth-order valence-corrected chi connectivity index (χ4v) is 3.63. The highest BCUT2D eigenvalue weighted by Crippen LogP contribution is 2.27. The molecule has 1 atom stereocenters. The van der Waals surface area contributed by atoms with E-state index in [1.807, 2.05) is 29.2 Å². The van der Waals surface area contributed by atoms with Crippen LogP contribution in [0.2, 0.25) is 0 Å². The third-order valence-corrected chi connectivity index (χ3v) is 4.96. The van der Waals surface area contributed by atoms with Gasteiger partial charge >= 0.3 is 0 Å². The van der Waals surface area contributed by atoms with Crippen molar-refractivity contribution in [3.63, 3.8) is 0 Å². The molecule has 0 radical (unpaired) electrons. The van der Waals surface area contributed by atoms with Crippen LogP contribution >= 0.6 is 0 Å². The van der Waals surface area contributed by atoms with Crippen LogP contribution in [0.5, 0.6) is 0 Å². The van der Waals surface area contributed by atoms with Crippen LogP contribution in [0.1, 0.15) is 46.2 Å². The number of likely N-dealkylation sites (tertiary alicyclic amines) is 1. The van der Waals surface area contributed by atoms with Crippen LogP contribution in [-0.4, -0.2) is 39.1 Å². The average molecular weight is 364 g/mol. The van der Waals surface area contributed by atoms with Gasteiger partial charge in [-0.1, -0.05) is 18.2 Å². The summed E-state index contributed by atoms with van der Waals surface area (Å²) in [5.74, 6) is -0.0462. The topological polar surface area (TPSA) is 61.9 Å². The van der Waals surface area contributed by atoms with E-state index in [0.717, 1.165) is 36.3 Å². The molecule has 1 aliphatic heterocycles. The van der Waals surface area contributed by atoms with Crippen molar-refractivity contribution in [2.24, 2.45) is 0 Å². The summed E-state index contributed by atoms with van der Waals surface area (Å²) in [4.78, 5) is 19.2. The first-order valence-corrected chi connectivity index (χ1v) is 9.18. The maximum absolute atomic E-state index is 13.4. The van der Waals surface area contributed by atoms with Gasteiger partial charge in [0.15, 0.2) is 0 Å². The van der Waals surface area contributed by atoms with E-state index in [0.29, 0.717) is 18.7 Å². The van der Waals surface area contributed by atoms with Crippen molar-refractivity contribution in [1.29, 1.82) is 0 Å². The smallest absolute Gasteiger partial charge is 0.271 e. The quantitative estimate of drug-likeness (QED) is 0.770. The molecule has 1 aromatic carbocycles. The minimum absolute atomic E-state index is 0.0203. The van der Waals surface area contributed by atoms with Crippen molar-refractivity contribution < 1.29 is 9.18 Å². The van der Waals surface area contributed by atoms with Gasteiger partial charge in [0.1, 0.15) is 11.5 Å². The molecule has 1 amide bonds. The maximum Gasteiger partial charge on any atom is 0.271 e. The largest absolute Gasteiger partial charge is 0.337 e. The highest BCUT2D eigenvalue weighted by Gasteiger charge is 2.27. The van der Waals surface area contributed by atoms with Gasteiger partial charge in [0, 0.05) is 43.0 Å². The van der Waals surface area contributed by atoms with Crippen molar-refractivity contribution in [2.75, 3.05) is 13.1 Å². The molecule has 1 N–H and O–H groups in total. The first kappa shape index (κ1) is 17.4. The first-order chi connectivity index (χ1) is 13.2. The van der Waals surface area contributed by atoms with Gasteiger partial charge in [-0.2, -0.15) is 5.10 Å². The van der Waals surface area contributed by atoms with Crippen LogP contribution in [0.25, 0.3) is 0 Å². The lowest BCUT2D eigenvalue weighted by molar-refractivity contribution is 0.0700. The van der Waals surface area contributed by atoms with E-state index in [1.165, 1.54) is 6.07 Å². The third-order valence-electron chi connectivity index (χ3n) is 4.96. The first-order valence-electron chi connectivity index (χ1n) is 9.18. The standard InChI is InChI=1S/C21H21FN4O/c22-17-6-1-4-15(12-17)13-18-7-2-8-19(24-18)16-5-3-11-26(14-16)21(27)20-9-10-23-25-20/h1-2,4,6-10,12,16H,3,5,11,13-14H2,(H,23,25)/t16-/m0/s1. The Kier molecular flexibility index (Phi) is 4.96. The lowest BCUT2D eigenvalue weighted by Crippen LogP contribution is -2.39. The Hall–Kier alpha value is -3.02. The number of rotatable bonds is 4. The molecule has 5 nitrogen and oxygen atoms in total. The van der Waals surface area contributed by atoms with Crippen LogP contribution in [0.15, 0.2) is 54.7 Å². The number of pyridine rings is 1. The summed E-state index contributed by atoms with van der Waals surface area (Å²) >= 11 is 0. The zero-order chi connectivity index (χ0) is 18.6. The number of nitrogens with one attached hydrogen (secondary N) is 1. The van der Waals surface area contributed by atoms with E-state index in [9.17, 15) is 9.18 Å². The number of halogens is 1. The monoisotopic (exact) mass is 364 g/mol. The summed E-state index contributed by atoms with van der Waals surface area (Å²) in [7, 11) is 0. The second-order valence-corrected chi connectivity index (χ2v) is 6.92. The van der Waals surface area contributed by atoms with Gasteiger partial charge in [0.2, 0.25) is 0 Å². The van der Waals surface area contributed by atoms with E-state index in [2.05, 4.69) is 10.2 Å². The van der Waals surface area contributed by atoms with Crippen LogP contribution < -0.4 is 0 Å². The number of aromatic amines is 1. The van der Waals surface area contributed by atoms with Gasteiger partial charge in [0.25, 0.3) is 5.91 Å². The predicted molar refractivity (Wildman–Crippen MR) is 99.9 cm³/mol. The third kappa shape index (κ3) is 4.05. The van der Waals surface area contributed by atoms with E-state index < -0.39 is 0 Å². The maximum atomic E-state index is 13.4. The van der Waals surface area contributed by atoms with Crippen LogP contribution in [0, 0.1) is 5.82 Å². The minimum Gasteiger partial charge on any atom is -0.337 e. The summed E-state index contributed by atoms with van der Waals surface area (Å²) < 4.78 is 13.4. The Morgan fingerprint density at radius 2 is 2.11 bits per heavy atom. The Morgan fingerprint density at radius 3 is 2.93 bits per heavy atom. The zero-order valence-corrected chi connectivity index (χ0v) is 14.9. The molecule has 0 spiro atoms. The molecule has 1 aliphatic rings. The van der Waals surface area contributed by atoms with Crippen LogP contribution in [0.3, 0.4) is 0 Å². The lowest BCUT2D eigenvalue weighted by Gasteiger charge is -2.32. The summed E-state index contributed by atoms with van der Waals surface area (Å²) in [6.07, 6.45) is 4.13. The van der Waals surface area contributed by atoms with Gasteiger partial charge in [-0.3, -0.25) is 14.9 Å². The summed E-state index contributed by atoms with van der Waals surface area (Å²) in [5, 5.41) is 6.60. The number of H-pyrrole nitrogens is 1. The molecule has 27 heavy (non-hydrogen) atoms. The number of piperidine rings is 1. The number of amides is 1. The predicted octanol–water partition coefficient (Wildman–Crippen LogP) is 3.55. The second kappa shape index (κ2) is 7.70. The van der Waals surface area contributed by atoms with E-state index >= 15 is 0 Å². The SMILES string of the molecule is O=C(c1ccn[nH]1)N1CCC[C@H](c2cccc(Cc3cccc(F)c3)n2)C1. The van der Waals surface area contributed by atoms with E-state index in [1.54, 1.807) is 24.4 Å². The molecule has 1 fully saturated rings. The van der Waals surface area contributed by atoms with Crippen molar-refractivity contribution >= 4 is 5.91 Å². The zero-order valence-electron chi connectivity index (χ0n) is 14.9. The summed E-state index contributed by atoms with van der Waals surface area (Å²) in [6, 6.07) is 14.3. The number of aromatic nitrogens is 3. The number of carbonyl (C=O) groups is 1. The second-order valence-electron chi connectivity index (χ2n) is 6.92. The molecule has 3 heterocycles. The molecule has 0 unspecified atom stereocenters. The average Bonchev–Trinajstić information content (AvgIpc) is 3.23. The van der Waals surface area contributed by atoms with E-state index in [4.69, 9.17) is 4.98 Å². The lowest BCUT2D eigenvalue weighted by atomic mass is 9.93. The Balaban J connectivity index is 1.48. The molecule has 0 bridgehead atoms. The number of hydrogen-bond donors (Lipinski definition) is 1. The molecular weight excluding hydrogens is 343 g/mol. The Morgan fingerprint density at radius 1 is 1.22 bits per heavy atom. The molecule has 1 saturated heterocycles. The minimum atomic E-state index is -0.233. The molecule has 138 valence electrons. The van der Waals surface area contributed by atoms with Gasteiger partial charge < -0.3 is 4.90 Å². The molecular formula is C21H21FN4O. The molecule has 0 aliphatic carbocycles. The van der Waals surface area contributed by atoms with Gasteiger partial charge in [-0.25, -0.2) is 4.39 Å². The number of nitrogens with zero attached hydrogens (tertiary/aromatic N) is 3. The number of hydrogen-bond acceptors (Lipinski definition) is 3. The van der Waals surface area contributed by atoms with Crippen molar-refractivity contribution in [3.8, 4) is 0 Å². The molecule has 6 heteroatoms. The Bertz CT molecular complexity index is 925. The highest BCUT2D eigenvalue weighted by molar-refractivity contribution is 5.92. The van der Waals surface area contributed by atoms with Crippen molar-refractivity contribution in [1.82, 2.24) is 20.1 Å². The fraction of sp³-hybridized carbons (Fsp3) is 0.286. The van der Waals surface area contributed by atoms with Gasteiger partial charge in [0.05, 0.1) is 0 Å². The normalized spacial score (nSPS) is 17.1. The Labute approximate surface area is 157 Å². The van der Waals surface area contributed by atoms with E-state index in [-0.39, 0.29) is 17.6 Å². The van der Waals surface area contributed by atoms with Crippen molar-refractivity contribution in [2.45, 2.75) is 25.2 Å². The molecule has 4 rings (SSSR count). The number of benzene rings is 1.